The molecule has 1 saturated carbocycles. The third-order valence-electron chi connectivity index (χ3n) is 25.9. The molecule has 8 aromatic rings. The second-order valence-electron chi connectivity index (χ2n) is 30.8. The lowest BCUT2D eigenvalue weighted by atomic mass is 9.92. The first-order valence-corrected chi connectivity index (χ1v) is 53.7. The van der Waals surface area contributed by atoms with Crippen LogP contribution >= 0.6 is 0 Å². The highest BCUT2D eigenvalue weighted by Crippen LogP contribution is 2.45. The van der Waals surface area contributed by atoms with Crippen molar-refractivity contribution in [3.63, 3.8) is 0 Å². The summed E-state index contributed by atoms with van der Waals surface area (Å²) < 4.78 is 9.83. The highest BCUT2D eigenvalue weighted by molar-refractivity contribution is 6.00. The van der Waals surface area contributed by atoms with Crippen LogP contribution in [0.5, 0.6) is 0 Å². The highest BCUT2D eigenvalue weighted by Gasteiger charge is 2.38. The number of hydrogen-bond acceptors (Lipinski definition) is 1. The first kappa shape index (κ1) is 185. The molecule has 14 rings (SSSR count). The van der Waals surface area contributed by atoms with Crippen LogP contribution in [-0.2, 0) is 51.9 Å². The maximum absolute atomic E-state index is 2.61. The molecule has 0 N–H and O–H groups in total. The minimum atomic E-state index is 0. The van der Waals surface area contributed by atoms with Crippen molar-refractivity contribution in [2.45, 2.75) is 602 Å². The molecule has 5 nitrogen and oxygen atoms in total. The Bertz CT molecular complexity index is 4250. The van der Waals surface area contributed by atoms with E-state index in [4.69, 9.17) is 0 Å². The number of aromatic nitrogens is 4. The molecular weight excluding hydrogens is 1680 g/mol. The van der Waals surface area contributed by atoms with Crippen LogP contribution in [0.15, 0.2) is 70.8 Å². The lowest BCUT2D eigenvalue weighted by molar-refractivity contribution is 0.209. The van der Waals surface area contributed by atoms with E-state index in [9.17, 15) is 0 Å². The van der Waals surface area contributed by atoms with Crippen LogP contribution in [0.25, 0.3) is 65.9 Å². The molecular formula is C134H275N5. The Morgan fingerprint density at radius 3 is 0.863 bits per heavy atom. The van der Waals surface area contributed by atoms with Gasteiger partial charge in [0, 0.05) is 99.2 Å². The van der Waals surface area contributed by atoms with E-state index in [-0.39, 0.29) is 89.1 Å². The van der Waals surface area contributed by atoms with E-state index in [1.54, 1.807) is 5.56 Å². The van der Waals surface area contributed by atoms with Crippen LogP contribution in [-0.4, -0.2) is 41.8 Å². The topological polar surface area (TPSA) is 23.0 Å². The third-order valence-corrected chi connectivity index (χ3v) is 25.9. The Hall–Kier alpha value is -6.04. The van der Waals surface area contributed by atoms with Gasteiger partial charge in [-0.05, 0) is 328 Å². The number of allylic oxidation sites excluding steroid dienone is 8. The average molecular weight is 1960 g/mol. The summed E-state index contributed by atoms with van der Waals surface area (Å²) in [5.74, 6) is 5.58. The van der Waals surface area contributed by atoms with E-state index < -0.39 is 0 Å². The molecule has 0 spiro atoms. The number of likely N-dealkylation sites (tertiary alicyclic amines) is 1. The van der Waals surface area contributed by atoms with Crippen molar-refractivity contribution in [1.82, 2.24) is 23.2 Å². The van der Waals surface area contributed by atoms with Crippen molar-refractivity contribution in [2.75, 3.05) is 6.54 Å². The molecule has 5 heteroatoms. The number of rotatable bonds is 5. The Balaban J connectivity index is -0.0000000589. The quantitative estimate of drug-likeness (QED) is 0.168. The number of aryl methyl sites for hydroxylation is 8. The fourth-order valence-electron chi connectivity index (χ4n) is 17.9. The molecule has 8 atom stereocenters. The third kappa shape index (κ3) is 46.5. The number of fused-ring (bicyclic) bond motifs is 11. The minimum absolute atomic E-state index is 0. The summed E-state index contributed by atoms with van der Waals surface area (Å²) in [6.45, 7) is 140. The van der Waals surface area contributed by atoms with Gasteiger partial charge in [-0.1, -0.05) is 432 Å². The SMILES string of the molecule is C.C.C.C.C.C.C.C.C.C.C.C.CC.CC.CC.CC.CC.CC.CC.CC.CC.CC.CC.CC.CC.CC.CC.CC.CCC.CCN1[C@H](C)[C@H](C)[C@H](C)[C@@H]1C.CCn1c(C)c(C)c2c3c(ccc21)CC(C)=C3C.CCn1c(C)c(C)c2cc3c(cc21)C(C)=C(C)C3.CCn1c(C)c(C)c2ccc3c(c21)C(C)=C(C)C3.CCn1c(C)c(C)c2ccc3c(c21)CC(C)=C3C.C[C@@H]1[C@H](C)[C@H](C)C[C@@H]1C. The van der Waals surface area contributed by atoms with Gasteiger partial charge in [0.15, 0.2) is 0 Å². The van der Waals surface area contributed by atoms with Crippen molar-refractivity contribution in [2.24, 2.45) is 35.5 Å². The molecule has 0 amide bonds. The van der Waals surface area contributed by atoms with Gasteiger partial charge in [0.1, 0.15) is 0 Å². The molecule has 5 aliphatic carbocycles. The van der Waals surface area contributed by atoms with Gasteiger partial charge in [-0.3, -0.25) is 4.90 Å². The van der Waals surface area contributed by atoms with Gasteiger partial charge < -0.3 is 18.3 Å². The van der Waals surface area contributed by atoms with Gasteiger partial charge in [0.25, 0.3) is 0 Å². The van der Waals surface area contributed by atoms with Crippen LogP contribution in [0.4, 0.5) is 0 Å². The fourth-order valence-corrected chi connectivity index (χ4v) is 17.9. The van der Waals surface area contributed by atoms with Gasteiger partial charge >= 0.3 is 0 Å². The molecule has 6 aliphatic rings. The van der Waals surface area contributed by atoms with Crippen molar-refractivity contribution in [3.8, 4) is 0 Å². The number of nitrogens with zero attached hydrogens (tertiary/aromatic N) is 5. The molecule has 1 saturated heterocycles. The normalized spacial score (nSPS) is 15.5. The first-order valence-electron chi connectivity index (χ1n) is 53.7. The second-order valence-corrected chi connectivity index (χ2v) is 30.8. The van der Waals surface area contributed by atoms with Gasteiger partial charge in [-0.15, -0.1) is 0 Å². The summed E-state index contributed by atoms with van der Waals surface area (Å²) in [6.07, 6.45) is 7.22. The average Bonchev–Trinajstić information content (AvgIpc) is 1.61. The highest BCUT2D eigenvalue weighted by atomic mass is 15.2. The summed E-state index contributed by atoms with van der Waals surface area (Å²) in [5, 5.41) is 5.80. The second kappa shape index (κ2) is 103. The van der Waals surface area contributed by atoms with Gasteiger partial charge in [0.05, 0.1) is 11.0 Å². The minimum Gasteiger partial charge on any atom is -0.345 e. The van der Waals surface area contributed by atoms with E-state index in [0.29, 0.717) is 0 Å². The number of benzene rings is 4. The molecule has 0 radical (unpaired) electrons. The van der Waals surface area contributed by atoms with Crippen LogP contribution in [0.2, 0.25) is 0 Å². The van der Waals surface area contributed by atoms with Gasteiger partial charge in [-0.2, -0.15) is 0 Å². The summed E-state index contributed by atoms with van der Waals surface area (Å²) >= 11 is 0. The Kier molecular flexibility index (Phi) is 137. The van der Waals surface area contributed by atoms with Crippen molar-refractivity contribution < 1.29 is 0 Å². The zero-order valence-electron chi connectivity index (χ0n) is 98.3. The standard InChI is InChI=1S/4C17H21N.C10H21N.C9H18.C3H8.16C2H6.12CH4/c1-6-18-13(5)12(4)16-8-14-7-10(2)11(3)15(14)9-17(16)18;1-6-18-13(5)12(4)15-8-7-14-11(3)10(2)9-16(14)17(15)18;1-6-18-13(5)12(4)17-15(18)8-7-14-9-10(2)11(3)16(14)17;1-6-18-13(5)12(4)15-8-7-14-9-10(2)11(3)16(14)17(15)18;1-6-11-9(4)7(2)8(3)10(11)5;1-6-5-7(2)9(4)8(6)3;1-3-2;16*1-2;;;;;;;;;;;;/h8-9H,6-7H2,1-5H3;3*7-8H,6,9H2,1-5H3;7-10H,6H2,1-5H3;6-9H,5H2,1-4H3;3H2,1-2H3;16*1-2H3;12*1H4/t;;;;7-,8+,9-,10+;6-,7+,8-,9+;;;;;;;;;;;;;;;;;;;;;;;;;;;;;. The predicted octanol–water partition coefficient (Wildman–Crippen LogP) is 49.3. The molecule has 2 fully saturated rings. The summed E-state index contributed by atoms with van der Waals surface area (Å²) in [6, 6.07) is 20.3. The van der Waals surface area contributed by atoms with E-state index in [0.717, 1.165) is 99.5 Å². The largest absolute Gasteiger partial charge is 0.345 e. The van der Waals surface area contributed by atoms with Crippen molar-refractivity contribution in [3.05, 3.63) is 160 Å². The molecule has 1 aliphatic heterocycles. The lowest BCUT2D eigenvalue weighted by Gasteiger charge is -2.25. The first-order chi connectivity index (χ1) is 60.8. The summed E-state index contributed by atoms with van der Waals surface area (Å²) in [7, 11) is 0. The smallest absolute Gasteiger partial charge is 0.0564 e. The zero-order valence-corrected chi connectivity index (χ0v) is 98.3. The summed E-state index contributed by atoms with van der Waals surface area (Å²) in [4.78, 5) is 2.61. The molecule has 4 aromatic carbocycles. The van der Waals surface area contributed by atoms with E-state index >= 15 is 0 Å². The monoisotopic (exact) mass is 1960 g/mol. The van der Waals surface area contributed by atoms with E-state index in [1.165, 1.54) is 192 Å². The molecule has 139 heavy (non-hydrogen) atoms. The van der Waals surface area contributed by atoms with E-state index in [2.05, 4.69) is 286 Å². The van der Waals surface area contributed by atoms with Gasteiger partial charge in [0.2, 0.25) is 0 Å². The Morgan fingerprint density at radius 2 is 0.525 bits per heavy atom. The maximum Gasteiger partial charge on any atom is 0.0564 e. The summed E-state index contributed by atoms with van der Waals surface area (Å²) in [5.41, 5.74) is 41.2. The van der Waals surface area contributed by atoms with E-state index in [1.807, 2.05) is 222 Å². The fraction of sp³-hybridized carbons (Fsp3) is 0.701. The molecule has 0 unspecified atom stereocenters. The van der Waals surface area contributed by atoms with Crippen LogP contribution in [0.1, 0.15) is 572 Å². The number of hydrogen-bond donors (Lipinski definition) is 0. The lowest BCUT2D eigenvalue weighted by Crippen LogP contribution is -2.34. The molecule has 4 aromatic heterocycles. The molecule has 836 valence electrons. The predicted molar refractivity (Wildman–Crippen MR) is 685 cm³/mol. The molecule has 5 heterocycles. The van der Waals surface area contributed by atoms with Crippen molar-refractivity contribution >= 4 is 65.9 Å². The zero-order chi connectivity index (χ0) is 102. The Labute approximate surface area is 887 Å². The van der Waals surface area contributed by atoms with Crippen LogP contribution in [0.3, 0.4) is 0 Å². The van der Waals surface area contributed by atoms with Crippen LogP contribution in [0, 0.1) is 90.9 Å². The maximum atomic E-state index is 2.61. The van der Waals surface area contributed by atoms with Crippen molar-refractivity contribution in [1.29, 1.82) is 0 Å². The Morgan fingerprint density at radius 1 is 0.252 bits per heavy atom. The molecule has 0 bridgehead atoms. The van der Waals surface area contributed by atoms with Crippen LogP contribution < -0.4 is 0 Å². The van der Waals surface area contributed by atoms with Gasteiger partial charge in [-0.25, -0.2) is 0 Å².